The molecule has 0 saturated carbocycles. The Labute approximate surface area is 69.7 Å². The molecule has 1 N–H and O–H groups in total. The Bertz CT molecular complexity index is 248. The summed E-state index contributed by atoms with van der Waals surface area (Å²) < 4.78 is 23.5. The molecule has 1 rings (SSSR count). The highest BCUT2D eigenvalue weighted by Crippen LogP contribution is 2.14. The lowest BCUT2D eigenvalue weighted by Gasteiger charge is -2.00. The van der Waals surface area contributed by atoms with E-state index in [9.17, 15) is 8.78 Å². The zero-order valence-electron chi connectivity index (χ0n) is 6.50. The average molecular weight is 172 g/mol. The third-order valence-corrected chi connectivity index (χ3v) is 1.56. The summed E-state index contributed by atoms with van der Waals surface area (Å²) in [4.78, 5) is 0. The fraction of sp³-hybridized carbons (Fsp3) is 0.333. The summed E-state index contributed by atoms with van der Waals surface area (Å²) in [6.07, 6.45) is -2.11. The monoisotopic (exact) mass is 172 g/mol. The van der Waals surface area contributed by atoms with Gasteiger partial charge in [0.2, 0.25) is 6.43 Å². The number of alkyl halides is 2. The molecule has 0 fully saturated rings. The second kappa shape index (κ2) is 4.04. The number of rotatable bonds is 3. The van der Waals surface area contributed by atoms with E-state index in [2.05, 4.69) is 0 Å². The fourth-order valence-corrected chi connectivity index (χ4v) is 0.988. The van der Waals surface area contributed by atoms with Gasteiger partial charge in [-0.2, -0.15) is 0 Å². The molecular weight excluding hydrogens is 162 g/mol. The Kier molecular flexibility index (Phi) is 3.02. The van der Waals surface area contributed by atoms with Gasteiger partial charge in [-0.1, -0.05) is 12.1 Å². The number of phenolic OH excluding ortho intramolecular Hbond substituents is 1. The fourth-order valence-electron chi connectivity index (χ4n) is 0.988. The van der Waals surface area contributed by atoms with Crippen LogP contribution in [0.2, 0.25) is 0 Å². The number of benzene rings is 1. The minimum absolute atomic E-state index is 0.127. The third kappa shape index (κ3) is 2.86. The summed E-state index contributed by atoms with van der Waals surface area (Å²) >= 11 is 0. The molecule has 66 valence electrons. The lowest BCUT2D eigenvalue weighted by molar-refractivity contribution is 0.138. The first-order chi connectivity index (χ1) is 5.68. The number of hydrogen-bond acceptors (Lipinski definition) is 1. The van der Waals surface area contributed by atoms with Gasteiger partial charge in [0, 0.05) is 6.42 Å². The van der Waals surface area contributed by atoms with Crippen LogP contribution in [0, 0.1) is 0 Å². The zero-order chi connectivity index (χ0) is 8.97. The smallest absolute Gasteiger partial charge is 0.239 e. The first-order valence-corrected chi connectivity index (χ1v) is 3.74. The van der Waals surface area contributed by atoms with Crippen molar-refractivity contribution in [3.05, 3.63) is 29.8 Å². The van der Waals surface area contributed by atoms with E-state index >= 15 is 0 Å². The minimum Gasteiger partial charge on any atom is -0.508 e. The molecule has 3 heteroatoms. The van der Waals surface area contributed by atoms with Crippen molar-refractivity contribution in [3.8, 4) is 5.75 Å². The molecule has 0 heterocycles. The van der Waals surface area contributed by atoms with Crippen LogP contribution in [0.4, 0.5) is 8.78 Å². The van der Waals surface area contributed by atoms with Crippen LogP contribution in [0.5, 0.6) is 5.75 Å². The Morgan fingerprint density at radius 3 is 2.67 bits per heavy atom. The summed E-state index contributed by atoms with van der Waals surface area (Å²) in [5.41, 5.74) is 0.746. The maximum Gasteiger partial charge on any atom is 0.239 e. The predicted molar refractivity (Wildman–Crippen MR) is 42.4 cm³/mol. The first kappa shape index (κ1) is 8.97. The quantitative estimate of drug-likeness (QED) is 0.742. The molecular formula is C9H10F2O. The van der Waals surface area contributed by atoms with Crippen molar-refractivity contribution in [2.45, 2.75) is 19.3 Å². The van der Waals surface area contributed by atoms with Crippen molar-refractivity contribution < 1.29 is 13.9 Å². The average Bonchev–Trinajstić information content (AvgIpc) is 2.01. The molecule has 0 aliphatic heterocycles. The summed E-state index contributed by atoms with van der Waals surface area (Å²) in [6.45, 7) is 0. The highest BCUT2D eigenvalue weighted by atomic mass is 19.3. The van der Waals surface area contributed by atoms with Crippen molar-refractivity contribution in [3.63, 3.8) is 0 Å². The van der Waals surface area contributed by atoms with E-state index in [-0.39, 0.29) is 12.2 Å². The van der Waals surface area contributed by atoms with Gasteiger partial charge in [0.25, 0.3) is 0 Å². The molecule has 1 aromatic carbocycles. The van der Waals surface area contributed by atoms with Crippen molar-refractivity contribution in [2.24, 2.45) is 0 Å². The van der Waals surface area contributed by atoms with Crippen molar-refractivity contribution in [2.75, 3.05) is 0 Å². The van der Waals surface area contributed by atoms with Gasteiger partial charge >= 0.3 is 0 Å². The van der Waals surface area contributed by atoms with Gasteiger partial charge in [0.05, 0.1) is 0 Å². The Balaban J connectivity index is 2.52. The minimum atomic E-state index is -2.27. The van der Waals surface area contributed by atoms with E-state index in [0.29, 0.717) is 6.42 Å². The first-order valence-electron chi connectivity index (χ1n) is 3.74. The van der Waals surface area contributed by atoms with Gasteiger partial charge in [-0.3, -0.25) is 0 Å². The van der Waals surface area contributed by atoms with Crippen LogP contribution in [0.15, 0.2) is 24.3 Å². The van der Waals surface area contributed by atoms with Crippen molar-refractivity contribution in [1.29, 1.82) is 0 Å². The Morgan fingerprint density at radius 1 is 1.33 bits per heavy atom. The van der Waals surface area contributed by atoms with E-state index in [0.717, 1.165) is 5.56 Å². The van der Waals surface area contributed by atoms with Gasteiger partial charge in [-0.05, 0) is 24.1 Å². The maximum atomic E-state index is 11.8. The second-order valence-corrected chi connectivity index (χ2v) is 2.60. The van der Waals surface area contributed by atoms with Crippen LogP contribution in [0.3, 0.4) is 0 Å². The normalized spacial score (nSPS) is 10.6. The van der Waals surface area contributed by atoms with Crippen molar-refractivity contribution >= 4 is 0 Å². The number of phenols is 1. The molecule has 0 unspecified atom stereocenters. The lowest BCUT2D eigenvalue weighted by Crippen LogP contribution is -1.93. The second-order valence-electron chi connectivity index (χ2n) is 2.60. The molecule has 0 bridgehead atoms. The third-order valence-electron chi connectivity index (χ3n) is 1.56. The largest absolute Gasteiger partial charge is 0.508 e. The van der Waals surface area contributed by atoms with Crippen LogP contribution in [0.25, 0.3) is 0 Å². The van der Waals surface area contributed by atoms with Crippen LogP contribution in [0.1, 0.15) is 12.0 Å². The lowest BCUT2D eigenvalue weighted by atomic mass is 10.1. The SMILES string of the molecule is Oc1cccc(CCC(F)F)c1. The van der Waals surface area contributed by atoms with Crippen molar-refractivity contribution in [1.82, 2.24) is 0 Å². The van der Waals surface area contributed by atoms with Gasteiger partial charge in [0.15, 0.2) is 0 Å². The molecule has 12 heavy (non-hydrogen) atoms. The summed E-state index contributed by atoms with van der Waals surface area (Å²) in [5.74, 6) is 0.127. The van der Waals surface area contributed by atoms with Crippen LogP contribution in [-0.2, 0) is 6.42 Å². The molecule has 0 spiro atoms. The molecule has 0 aliphatic rings. The molecule has 1 nitrogen and oxygen atoms in total. The van der Waals surface area contributed by atoms with Gasteiger partial charge in [-0.25, -0.2) is 8.78 Å². The highest BCUT2D eigenvalue weighted by molar-refractivity contribution is 5.27. The Morgan fingerprint density at radius 2 is 2.08 bits per heavy atom. The number of halogens is 2. The van der Waals surface area contributed by atoms with Crippen LogP contribution < -0.4 is 0 Å². The summed E-state index contributed by atoms with van der Waals surface area (Å²) in [6, 6.07) is 6.40. The molecule has 0 radical (unpaired) electrons. The van der Waals surface area contributed by atoms with Gasteiger partial charge in [0.1, 0.15) is 5.75 Å². The van der Waals surface area contributed by atoms with Gasteiger partial charge in [-0.15, -0.1) is 0 Å². The highest BCUT2D eigenvalue weighted by Gasteiger charge is 2.02. The molecule has 0 aromatic heterocycles. The number of aromatic hydroxyl groups is 1. The molecule has 1 aromatic rings. The summed E-state index contributed by atoms with van der Waals surface area (Å²) in [5, 5.41) is 8.99. The zero-order valence-corrected chi connectivity index (χ0v) is 6.50. The van der Waals surface area contributed by atoms with Crippen LogP contribution >= 0.6 is 0 Å². The topological polar surface area (TPSA) is 20.2 Å². The van der Waals surface area contributed by atoms with Gasteiger partial charge < -0.3 is 5.11 Å². The molecule has 0 saturated heterocycles. The van der Waals surface area contributed by atoms with E-state index < -0.39 is 6.43 Å². The maximum absolute atomic E-state index is 11.8. The molecule has 0 atom stereocenters. The number of aryl methyl sites for hydroxylation is 1. The summed E-state index contributed by atoms with van der Waals surface area (Å²) in [7, 11) is 0. The van der Waals surface area contributed by atoms with E-state index in [1.165, 1.54) is 12.1 Å². The molecule has 0 aliphatic carbocycles. The van der Waals surface area contributed by atoms with E-state index in [4.69, 9.17) is 5.11 Å². The van der Waals surface area contributed by atoms with Crippen LogP contribution in [-0.4, -0.2) is 11.5 Å². The van der Waals surface area contributed by atoms with E-state index in [1.807, 2.05) is 0 Å². The van der Waals surface area contributed by atoms with E-state index in [1.54, 1.807) is 12.1 Å². The standard InChI is InChI=1S/C9H10F2O/c10-9(11)5-4-7-2-1-3-8(12)6-7/h1-3,6,9,12H,4-5H2. The molecule has 0 amide bonds. The number of hydrogen-bond donors (Lipinski definition) is 1. The predicted octanol–water partition coefficient (Wildman–Crippen LogP) is 2.59. The Hall–Kier alpha value is -1.12.